The fourth-order valence-corrected chi connectivity index (χ4v) is 5.21. The van der Waals surface area contributed by atoms with E-state index in [0.29, 0.717) is 38.3 Å². The lowest BCUT2D eigenvalue weighted by molar-refractivity contribution is -0.181. The highest BCUT2D eigenvalue weighted by Crippen LogP contribution is 2.41. The number of halogens is 1. The third-order valence-electron chi connectivity index (χ3n) is 6.81. The van der Waals surface area contributed by atoms with Gasteiger partial charge >= 0.3 is 0 Å². The van der Waals surface area contributed by atoms with Crippen molar-refractivity contribution >= 4 is 11.8 Å². The van der Waals surface area contributed by atoms with Crippen LogP contribution in [0.15, 0.2) is 48.5 Å². The van der Waals surface area contributed by atoms with E-state index in [1.807, 2.05) is 29.2 Å². The molecule has 3 heterocycles. The number of β-amino-alcohol motifs (C(OH)–C–C–N with tert-alkyl or cyclic N) is 1. The Kier molecular flexibility index (Phi) is 5.23. The van der Waals surface area contributed by atoms with Crippen molar-refractivity contribution in [2.45, 2.75) is 37.2 Å². The van der Waals surface area contributed by atoms with Gasteiger partial charge in [0.1, 0.15) is 17.1 Å². The van der Waals surface area contributed by atoms with E-state index in [-0.39, 0.29) is 24.2 Å². The molecule has 2 aromatic rings. The lowest BCUT2D eigenvalue weighted by atomic mass is 9.82. The molecule has 1 spiro atoms. The number of aliphatic hydroxyl groups is 1. The van der Waals surface area contributed by atoms with Crippen molar-refractivity contribution in [2.75, 3.05) is 26.7 Å². The maximum Gasteiger partial charge on any atom is 0.252 e. The van der Waals surface area contributed by atoms with Crippen LogP contribution >= 0.6 is 0 Å². The van der Waals surface area contributed by atoms with Crippen LogP contribution in [-0.4, -0.2) is 76.0 Å². The smallest absolute Gasteiger partial charge is 0.252 e. The van der Waals surface area contributed by atoms with Crippen LogP contribution in [-0.2, 0) is 22.7 Å². The second kappa shape index (κ2) is 7.95. The lowest BCUT2D eigenvalue weighted by Gasteiger charge is -2.58. The largest absolute Gasteiger partial charge is 0.497 e. The summed E-state index contributed by atoms with van der Waals surface area (Å²) in [5.74, 6) is -0.0242. The number of nitrogens with zero attached hydrogens (tertiary/aromatic N) is 3. The zero-order valence-electron chi connectivity index (χ0n) is 17.9. The Balaban J connectivity index is 1.37. The van der Waals surface area contributed by atoms with Crippen LogP contribution in [0.2, 0.25) is 0 Å². The number of rotatable bonds is 5. The van der Waals surface area contributed by atoms with Crippen molar-refractivity contribution in [1.82, 2.24) is 14.7 Å². The molecule has 5 rings (SSSR count). The van der Waals surface area contributed by atoms with Gasteiger partial charge in [0, 0.05) is 26.2 Å². The van der Waals surface area contributed by atoms with Crippen LogP contribution in [0, 0.1) is 5.82 Å². The number of hydrogen-bond acceptors (Lipinski definition) is 6. The number of methoxy groups -OCH3 is 1. The minimum atomic E-state index is -0.817. The minimum absolute atomic E-state index is 0.196. The number of likely N-dealkylation sites (tertiary alicyclic amines) is 1. The number of imide groups is 1. The second-order valence-electron chi connectivity index (χ2n) is 8.94. The van der Waals surface area contributed by atoms with Crippen molar-refractivity contribution in [3.05, 3.63) is 65.5 Å². The molecule has 3 aliphatic rings. The monoisotopic (exact) mass is 439 g/mol. The molecular formula is C24H26FN3O4. The number of carbonyl (C=O) groups excluding carboxylic acids is 2. The highest BCUT2D eigenvalue weighted by Gasteiger charge is 2.64. The molecule has 2 aromatic carbocycles. The van der Waals surface area contributed by atoms with E-state index in [1.165, 1.54) is 17.0 Å². The zero-order valence-corrected chi connectivity index (χ0v) is 17.9. The molecule has 2 unspecified atom stereocenters. The number of piperazine rings is 1. The fourth-order valence-electron chi connectivity index (χ4n) is 5.21. The van der Waals surface area contributed by atoms with Gasteiger partial charge in [0.15, 0.2) is 0 Å². The topological polar surface area (TPSA) is 73.3 Å². The van der Waals surface area contributed by atoms with E-state index in [4.69, 9.17) is 4.74 Å². The summed E-state index contributed by atoms with van der Waals surface area (Å²) in [7, 11) is 1.59. The van der Waals surface area contributed by atoms with Gasteiger partial charge in [-0.2, -0.15) is 0 Å². The Morgan fingerprint density at radius 2 is 1.66 bits per heavy atom. The van der Waals surface area contributed by atoms with Crippen LogP contribution in [0.5, 0.6) is 5.75 Å². The maximum absolute atomic E-state index is 13.6. The van der Waals surface area contributed by atoms with Gasteiger partial charge in [-0.25, -0.2) is 4.39 Å². The average Bonchev–Trinajstić information content (AvgIpc) is 3.16. The SMILES string of the molecule is COc1ccc(CN2C(=O)C3CC(O)CN3C3(CN(Cc4ccc(F)cc4)C3)C2=O)cc1. The highest BCUT2D eigenvalue weighted by atomic mass is 19.1. The molecule has 0 bridgehead atoms. The van der Waals surface area contributed by atoms with Crippen LogP contribution in [0.3, 0.4) is 0 Å². The molecule has 0 radical (unpaired) electrons. The van der Waals surface area contributed by atoms with Crippen LogP contribution < -0.4 is 4.74 Å². The molecule has 0 aliphatic carbocycles. The molecule has 3 aliphatic heterocycles. The third kappa shape index (κ3) is 3.48. The van der Waals surface area contributed by atoms with Gasteiger partial charge in [-0.1, -0.05) is 24.3 Å². The molecule has 3 fully saturated rings. The Labute approximate surface area is 186 Å². The predicted octanol–water partition coefficient (Wildman–Crippen LogP) is 1.39. The molecule has 0 saturated carbocycles. The molecular weight excluding hydrogens is 413 g/mol. The summed E-state index contributed by atoms with van der Waals surface area (Å²) in [5.41, 5.74) is 0.994. The number of ether oxygens (including phenoxy) is 1. The summed E-state index contributed by atoms with van der Waals surface area (Å²) >= 11 is 0. The molecule has 2 atom stereocenters. The van der Waals surface area contributed by atoms with E-state index in [1.54, 1.807) is 19.2 Å². The molecule has 8 heteroatoms. The van der Waals surface area contributed by atoms with Gasteiger partial charge in [0.25, 0.3) is 5.91 Å². The molecule has 2 amide bonds. The van der Waals surface area contributed by atoms with Crippen molar-refractivity contribution in [3.8, 4) is 5.75 Å². The summed E-state index contributed by atoms with van der Waals surface area (Å²) in [6.45, 7) is 2.06. The predicted molar refractivity (Wildman–Crippen MR) is 114 cm³/mol. The fraction of sp³-hybridized carbons (Fsp3) is 0.417. The Bertz CT molecular complexity index is 1020. The maximum atomic E-state index is 13.6. The first kappa shape index (κ1) is 21.1. The standard InChI is InChI=1S/C24H26FN3O4/c1-32-20-8-4-17(5-9-20)12-27-22(30)21-10-19(29)13-28(21)24(23(27)31)14-26(15-24)11-16-2-6-18(25)7-3-16/h2-9,19,21,29H,10-15H2,1H3. The van der Waals surface area contributed by atoms with Crippen molar-refractivity contribution in [3.63, 3.8) is 0 Å². The first-order chi connectivity index (χ1) is 15.4. The summed E-state index contributed by atoms with van der Waals surface area (Å²) in [5, 5.41) is 10.3. The molecule has 1 N–H and O–H groups in total. The van der Waals surface area contributed by atoms with E-state index < -0.39 is 17.7 Å². The number of carbonyl (C=O) groups is 2. The number of hydrogen-bond donors (Lipinski definition) is 1. The third-order valence-corrected chi connectivity index (χ3v) is 6.81. The lowest BCUT2D eigenvalue weighted by Crippen LogP contribution is -2.81. The van der Waals surface area contributed by atoms with Gasteiger partial charge in [-0.15, -0.1) is 0 Å². The Morgan fingerprint density at radius 3 is 2.31 bits per heavy atom. The second-order valence-corrected chi connectivity index (χ2v) is 8.94. The number of benzene rings is 2. The normalized spacial score (nSPS) is 25.2. The first-order valence-electron chi connectivity index (χ1n) is 10.8. The molecule has 32 heavy (non-hydrogen) atoms. The minimum Gasteiger partial charge on any atom is -0.497 e. The van der Waals surface area contributed by atoms with Crippen LogP contribution in [0.4, 0.5) is 4.39 Å². The molecule has 168 valence electrons. The van der Waals surface area contributed by atoms with Crippen LogP contribution in [0.25, 0.3) is 0 Å². The molecule has 0 aromatic heterocycles. The van der Waals surface area contributed by atoms with Gasteiger partial charge in [-0.3, -0.25) is 24.3 Å². The summed E-state index contributed by atoms with van der Waals surface area (Å²) < 4.78 is 18.4. The van der Waals surface area contributed by atoms with Crippen molar-refractivity contribution in [1.29, 1.82) is 0 Å². The van der Waals surface area contributed by atoms with Gasteiger partial charge in [0.2, 0.25) is 5.91 Å². The van der Waals surface area contributed by atoms with E-state index in [0.717, 1.165) is 11.1 Å². The molecule has 3 saturated heterocycles. The number of fused-ring (bicyclic) bond motifs is 2. The van der Waals surface area contributed by atoms with Gasteiger partial charge < -0.3 is 9.84 Å². The Morgan fingerprint density at radius 1 is 1.03 bits per heavy atom. The average molecular weight is 439 g/mol. The Hall–Kier alpha value is -2.81. The zero-order chi connectivity index (χ0) is 22.5. The summed E-state index contributed by atoms with van der Waals surface area (Å²) in [6.07, 6.45) is -0.286. The number of aliphatic hydroxyl groups excluding tert-OH is 1. The van der Waals surface area contributed by atoms with Crippen molar-refractivity contribution < 1.29 is 23.8 Å². The van der Waals surface area contributed by atoms with E-state index in [9.17, 15) is 19.1 Å². The molecule has 7 nitrogen and oxygen atoms in total. The summed E-state index contributed by atoms with van der Waals surface area (Å²) in [4.78, 5) is 32.2. The van der Waals surface area contributed by atoms with Crippen LogP contribution in [0.1, 0.15) is 17.5 Å². The van der Waals surface area contributed by atoms with Gasteiger partial charge in [-0.05, 0) is 41.8 Å². The highest BCUT2D eigenvalue weighted by molar-refractivity contribution is 6.06. The van der Waals surface area contributed by atoms with Crippen molar-refractivity contribution in [2.24, 2.45) is 0 Å². The van der Waals surface area contributed by atoms with Gasteiger partial charge in [0.05, 0.1) is 25.8 Å². The number of amides is 2. The summed E-state index contributed by atoms with van der Waals surface area (Å²) in [6, 6.07) is 13.2. The quantitative estimate of drug-likeness (QED) is 0.710. The van der Waals surface area contributed by atoms with E-state index >= 15 is 0 Å². The van der Waals surface area contributed by atoms with E-state index in [2.05, 4.69) is 4.90 Å². The first-order valence-corrected chi connectivity index (χ1v) is 10.8.